The van der Waals surface area contributed by atoms with E-state index in [0.29, 0.717) is 51.9 Å². The molecular weight excluding hydrogens is 451 g/mol. The lowest BCUT2D eigenvalue weighted by atomic mass is 10.0. The van der Waals surface area contributed by atoms with Gasteiger partial charge in [-0.05, 0) is 63.1 Å². The lowest BCUT2D eigenvalue weighted by molar-refractivity contribution is -0.143. The first kappa shape index (κ1) is 24.0. The molecule has 9 heteroatoms. The van der Waals surface area contributed by atoms with Crippen LogP contribution in [0.15, 0.2) is 41.1 Å². The molecule has 0 aliphatic heterocycles. The fraction of sp³-hybridized carbons (Fsp3) is 0.308. The molecule has 8 nitrogen and oxygen atoms in total. The van der Waals surface area contributed by atoms with Crippen LogP contribution in [0.4, 0.5) is 4.39 Å². The Morgan fingerprint density at radius 3 is 2.80 bits per heavy atom. The van der Waals surface area contributed by atoms with Crippen molar-refractivity contribution < 1.29 is 23.2 Å². The second-order valence-electron chi connectivity index (χ2n) is 8.30. The summed E-state index contributed by atoms with van der Waals surface area (Å²) in [6.07, 6.45) is 2.22. The van der Waals surface area contributed by atoms with E-state index in [2.05, 4.69) is 16.2 Å². The highest BCUT2D eigenvalue weighted by Crippen LogP contribution is 2.34. The number of aromatic nitrogens is 3. The zero-order valence-electron chi connectivity index (χ0n) is 20.0. The molecule has 0 fully saturated rings. The van der Waals surface area contributed by atoms with Crippen LogP contribution in [0.1, 0.15) is 38.3 Å². The van der Waals surface area contributed by atoms with Crippen LogP contribution in [0.2, 0.25) is 0 Å². The summed E-state index contributed by atoms with van der Waals surface area (Å²) in [6, 6.07) is 10.1. The van der Waals surface area contributed by atoms with Crippen molar-refractivity contribution in [3.8, 4) is 34.7 Å². The number of nitriles is 1. The number of ether oxygens (including phenoxy) is 2. The predicted octanol–water partition coefficient (Wildman–Crippen LogP) is 5.19. The number of carbonyl (C=O) groups is 1. The Morgan fingerprint density at radius 1 is 1.29 bits per heavy atom. The number of rotatable bonds is 8. The molecule has 2 aromatic carbocycles. The molecule has 0 saturated heterocycles. The van der Waals surface area contributed by atoms with Gasteiger partial charge in [-0.3, -0.25) is 4.79 Å². The SMILES string of the molecule is CCOC(=O)CCc1cn(C)c2c(-c3noc(-c4ccc(OC(C)C)c(C#N)c4)n3)ccc(F)c12. The average molecular weight is 477 g/mol. The monoisotopic (exact) mass is 476 g/mol. The highest BCUT2D eigenvalue weighted by molar-refractivity contribution is 5.96. The molecule has 0 N–H and O–H groups in total. The second kappa shape index (κ2) is 9.97. The highest BCUT2D eigenvalue weighted by atomic mass is 19.1. The Labute approximate surface area is 201 Å². The van der Waals surface area contributed by atoms with E-state index in [1.807, 2.05) is 13.8 Å². The van der Waals surface area contributed by atoms with Crippen LogP contribution < -0.4 is 4.74 Å². The summed E-state index contributed by atoms with van der Waals surface area (Å²) < 4.78 is 32.8. The second-order valence-corrected chi connectivity index (χ2v) is 8.30. The summed E-state index contributed by atoms with van der Waals surface area (Å²) in [5.41, 5.74) is 2.79. The fourth-order valence-electron chi connectivity index (χ4n) is 4.00. The molecule has 2 heterocycles. The lowest BCUT2D eigenvalue weighted by Crippen LogP contribution is -2.06. The number of aryl methyl sites for hydroxylation is 2. The molecule has 0 radical (unpaired) electrons. The van der Waals surface area contributed by atoms with Gasteiger partial charge in [0.25, 0.3) is 5.89 Å². The van der Waals surface area contributed by atoms with Crippen LogP contribution in [-0.4, -0.2) is 33.4 Å². The summed E-state index contributed by atoms with van der Waals surface area (Å²) >= 11 is 0. The van der Waals surface area contributed by atoms with E-state index >= 15 is 0 Å². The van der Waals surface area contributed by atoms with Crippen LogP contribution in [0.25, 0.3) is 33.7 Å². The van der Waals surface area contributed by atoms with Crippen LogP contribution >= 0.6 is 0 Å². The summed E-state index contributed by atoms with van der Waals surface area (Å²) in [4.78, 5) is 16.3. The Kier molecular flexibility index (Phi) is 6.82. The number of nitrogens with zero attached hydrogens (tertiary/aromatic N) is 4. The number of fused-ring (bicyclic) bond motifs is 1. The Hall–Kier alpha value is -4.19. The zero-order chi connectivity index (χ0) is 25.1. The number of halogens is 1. The molecule has 180 valence electrons. The van der Waals surface area contributed by atoms with E-state index in [1.165, 1.54) is 6.07 Å². The van der Waals surface area contributed by atoms with E-state index in [4.69, 9.17) is 14.0 Å². The predicted molar refractivity (Wildman–Crippen MR) is 127 cm³/mol. The standard InChI is InChI=1S/C26H25FN4O4/c1-5-33-22(32)11-7-17-14-31(4)24-19(8-9-20(27)23(17)24)25-29-26(35-30-25)16-6-10-21(34-15(2)3)18(12-16)13-28/h6,8-10,12,14-15H,5,7,11H2,1-4H3. The van der Waals surface area contributed by atoms with Gasteiger partial charge in [0.15, 0.2) is 0 Å². The minimum Gasteiger partial charge on any atom is -0.490 e. The third kappa shape index (κ3) is 4.87. The van der Waals surface area contributed by atoms with Crippen LogP contribution in [0.3, 0.4) is 0 Å². The van der Waals surface area contributed by atoms with Gasteiger partial charge in [0.1, 0.15) is 17.6 Å². The smallest absolute Gasteiger partial charge is 0.306 e. The maximum atomic E-state index is 14.9. The molecule has 2 aromatic heterocycles. The molecule has 0 saturated carbocycles. The van der Waals surface area contributed by atoms with Crippen LogP contribution in [0.5, 0.6) is 5.75 Å². The maximum absolute atomic E-state index is 14.9. The summed E-state index contributed by atoms with van der Waals surface area (Å²) in [5.74, 6) is 0.258. The van der Waals surface area contributed by atoms with E-state index in [0.717, 1.165) is 0 Å². The molecular formula is C26H25FN4O4. The normalized spacial score (nSPS) is 11.1. The van der Waals surface area contributed by atoms with E-state index in [1.54, 1.807) is 49.0 Å². The van der Waals surface area contributed by atoms with Crippen molar-refractivity contribution in [2.45, 2.75) is 39.7 Å². The van der Waals surface area contributed by atoms with Gasteiger partial charge < -0.3 is 18.6 Å². The molecule has 0 aliphatic carbocycles. The topological polar surface area (TPSA) is 103 Å². The Balaban J connectivity index is 1.70. The minimum atomic E-state index is -0.397. The quantitative estimate of drug-likeness (QED) is 0.322. The van der Waals surface area contributed by atoms with Gasteiger partial charge >= 0.3 is 5.97 Å². The van der Waals surface area contributed by atoms with Gasteiger partial charge in [0, 0.05) is 36.2 Å². The van der Waals surface area contributed by atoms with Crippen molar-refractivity contribution in [1.82, 2.24) is 14.7 Å². The maximum Gasteiger partial charge on any atom is 0.306 e. The van der Waals surface area contributed by atoms with Crippen molar-refractivity contribution >= 4 is 16.9 Å². The Morgan fingerprint density at radius 2 is 2.09 bits per heavy atom. The lowest BCUT2D eigenvalue weighted by Gasteiger charge is -2.11. The Bertz CT molecular complexity index is 1430. The molecule has 0 spiro atoms. The van der Waals surface area contributed by atoms with Gasteiger partial charge in [-0.1, -0.05) is 5.16 Å². The van der Waals surface area contributed by atoms with E-state index < -0.39 is 5.82 Å². The van der Waals surface area contributed by atoms with Crippen molar-refractivity contribution in [1.29, 1.82) is 5.26 Å². The molecule has 0 aliphatic rings. The first-order valence-corrected chi connectivity index (χ1v) is 11.3. The highest BCUT2D eigenvalue weighted by Gasteiger charge is 2.21. The summed E-state index contributed by atoms with van der Waals surface area (Å²) in [5, 5.41) is 14.0. The first-order valence-electron chi connectivity index (χ1n) is 11.3. The van der Waals surface area contributed by atoms with Crippen molar-refractivity contribution in [3.63, 3.8) is 0 Å². The molecule has 4 rings (SSSR count). The summed E-state index contributed by atoms with van der Waals surface area (Å²) in [7, 11) is 1.80. The molecule has 0 unspecified atom stereocenters. The van der Waals surface area contributed by atoms with Crippen molar-refractivity contribution in [2.24, 2.45) is 7.05 Å². The average Bonchev–Trinajstić information content (AvgIpc) is 3.44. The molecule has 0 atom stereocenters. The summed E-state index contributed by atoms with van der Waals surface area (Å²) in [6.45, 7) is 5.81. The minimum absolute atomic E-state index is 0.0729. The van der Waals surface area contributed by atoms with Crippen LogP contribution in [0, 0.1) is 17.1 Å². The molecule has 4 aromatic rings. The van der Waals surface area contributed by atoms with Gasteiger partial charge in [-0.2, -0.15) is 10.2 Å². The van der Waals surface area contributed by atoms with Gasteiger partial charge in [-0.25, -0.2) is 4.39 Å². The van der Waals surface area contributed by atoms with Crippen molar-refractivity contribution in [3.05, 3.63) is 53.5 Å². The third-order valence-electron chi connectivity index (χ3n) is 5.43. The number of hydrogen-bond acceptors (Lipinski definition) is 7. The van der Waals surface area contributed by atoms with E-state index in [-0.39, 0.29) is 30.2 Å². The van der Waals surface area contributed by atoms with Crippen LogP contribution in [-0.2, 0) is 23.0 Å². The first-order chi connectivity index (χ1) is 16.8. The van der Waals surface area contributed by atoms with Gasteiger partial charge in [0.05, 0.1) is 23.8 Å². The number of hydrogen-bond donors (Lipinski definition) is 0. The number of benzene rings is 2. The fourth-order valence-corrected chi connectivity index (χ4v) is 4.00. The number of esters is 1. The molecule has 35 heavy (non-hydrogen) atoms. The third-order valence-corrected chi connectivity index (χ3v) is 5.43. The van der Waals surface area contributed by atoms with Crippen molar-refractivity contribution in [2.75, 3.05) is 6.61 Å². The molecule has 0 amide bonds. The van der Waals surface area contributed by atoms with Gasteiger partial charge in [-0.15, -0.1) is 0 Å². The zero-order valence-corrected chi connectivity index (χ0v) is 20.0. The largest absolute Gasteiger partial charge is 0.490 e. The number of carbonyl (C=O) groups excluding carboxylic acids is 1. The molecule has 0 bridgehead atoms. The van der Waals surface area contributed by atoms with Gasteiger partial charge in [0.2, 0.25) is 5.82 Å². The van der Waals surface area contributed by atoms with E-state index in [9.17, 15) is 14.4 Å².